The number of rotatable bonds is 12. The number of carboxylic acid groups (broad SMARTS) is 1. The minimum Gasteiger partial charge on any atom is -0.481 e. The maximum Gasteiger partial charge on any atom is 0.573 e. The van der Waals surface area contributed by atoms with Gasteiger partial charge in [-0.15, -0.1) is 13.2 Å². The molecule has 0 aliphatic carbocycles. The molecule has 2 N–H and O–H groups in total. The Balaban J connectivity index is 1.42. The van der Waals surface area contributed by atoms with E-state index in [0.717, 1.165) is 22.3 Å². The van der Waals surface area contributed by atoms with Crippen LogP contribution in [0.25, 0.3) is 11.1 Å². The van der Waals surface area contributed by atoms with Crippen molar-refractivity contribution in [1.82, 2.24) is 5.32 Å². The molecule has 0 aliphatic rings. The summed E-state index contributed by atoms with van der Waals surface area (Å²) >= 11 is 0. The van der Waals surface area contributed by atoms with Crippen LogP contribution in [0.4, 0.5) is 13.2 Å². The highest BCUT2D eigenvalue weighted by Gasteiger charge is 2.31. The molecular formula is C26H25F3N2O4. The molecule has 6 nitrogen and oxygen atoms in total. The number of nitrogens with zero attached hydrogens (tertiary/aromatic N) is 1. The van der Waals surface area contributed by atoms with E-state index in [0.29, 0.717) is 25.1 Å². The molecule has 0 atom stereocenters. The zero-order chi connectivity index (χ0) is 25.1. The number of hydrogen-bond donors (Lipinski definition) is 2. The number of alkyl halides is 3. The molecule has 0 aliphatic heterocycles. The maximum absolute atomic E-state index is 12.4. The fraction of sp³-hybridized carbons (Fsp3) is 0.231. The number of aliphatic carboxylic acids is 1. The summed E-state index contributed by atoms with van der Waals surface area (Å²) in [4.78, 5) is 15.8. The fourth-order valence-corrected chi connectivity index (χ4v) is 3.19. The first-order valence-corrected chi connectivity index (χ1v) is 10.9. The number of halogens is 3. The smallest absolute Gasteiger partial charge is 0.481 e. The molecule has 0 aromatic heterocycles. The molecule has 0 heterocycles. The van der Waals surface area contributed by atoms with Crippen LogP contribution in [0.2, 0.25) is 0 Å². The molecule has 0 saturated heterocycles. The molecule has 184 valence electrons. The van der Waals surface area contributed by atoms with Crippen LogP contribution in [0, 0.1) is 0 Å². The summed E-state index contributed by atoms with van der Waals surface area (Å²) < 4.78 is 41.2. The van der Waals surface area contributed by atoms with Crippen LogP contribution in [0.3, 0.4) is 0 Å². The lowest BCUT2D eigenvalue weighted by Gasteiger charge is -2.10. The van der Waals surface area contributed by atoms with Gasteiger partial charge in [0.05, 0.1) is 6.42 Å². The Kier molecular flexibility index (Phi) is 9.25. The average molecular weight is 486 g/mol. The molecule has 0 radical (unpaired) electrons. The minimum absolute atomic E-state index is 0.0906. The van der Waals surface area contributed by atoms with Crippen LogP contribution in [0.15, 0.2) is 78.0 Å². The zero-order valence-corrected chi connectivity index (χ0v) is 18.8. The van der Waals surface area contributed by atoms with E-state index in [-0.39, 0.29) is 18.8 Å². The van der Waals surface area contributed by atoms with Gasteiger partial charge in [-0.1, -0.05) is 65.8 Å². The molecule has 0 unspecified atom stereocenters. The van der Waals surface area contributed by atoms with Gasteiger partial charge >= 0.3 is 12.3 Å². The Morgan fingerprint density at radius 3 is 2.31 bits per heavy atom. The fourth-order valence-electron chi connectivity index (χ4n) is 3.19. The number of benzene rings is 3. The van der Waals surface area contributed by atoms with Crippen molar-refractivity contribution in [2.75, 3.05) is 6.54 Å². The van der Waals surface area contributed by atoms with Crippen molar-refractivity contribution in [2.45, 2.75) is 32.4 Å². The summed E-state index contributed by atoms with van der Waals surface area (Å²) in [6.07, 6.45) is -2.37. The molecule has 0 spiro atoms. The minimum atomic E-state index is -4.73. The third kappa shape index (κ3) is 9.50. The first-order valence-electron chi connectivity index (χ1n) is 10.9. The van der Waals surface area contributed by atoms with Gasteiger partial charge in [0.2, 0.25) is 0 Å². The average Bonchev–Trinajstić information content (AvgIpc) is 2.82. The molecule has 0 bridgehead atoms. The van der Waals surface area contributed by atoms with Crippen LogP contribution < -0.4 is 10.1 Å². The lowest BCUT2D eigenvalue weighted by Crippen LogP contribution is -2.17. The Bertz CT molecular complexity index is 1110. The SMILES string of the molecule is O=C(O)CCNCc1ccc(CC=NOCc2ccc(-c3cccc(OC(F)(F)F)c3)cc2)cc1. The van der Waals surface area contributed by atoms with E-state index < -0.39 is 12.3 Å². The summed E-state index contributed by atoms with van der Waals surface area (Å²) in [5.74, 6) is -1.09. The summed E-state index contributed by atoms with van der Waals surface area (Å²) in [7, 11) is 0. The van der Waals surface area contributed by atoms with E-state index in [2.05, 4.69) is 15.2 Å². The number of nitrogens with one attached hydrogen (secondary N) is 1. The number of ether oxygens (including phenoxy) is 1. The molecule has 3 aromatic carbocycles. The molecule has 0 saturated carbocycles. The van der Waals surface area contributed by atoms with Crippen LogP contribution >= 0.6 is 0 Å². The predicted octanol–water partition coefficient (Wildman–Crippen LogP) is 5.56. The van der Waals surface area contributed by atoms with Crippen molar-refractivity contribution in [1.29, 1.82) is 0 Å². The normalized spacial score (nSPS) is 11.5. The van der Waals surface area contributed by atoms with E-state index in [9.17, 15) is 18.0 Å². The van der Waals surface area contributed by atoms with Crippen LogP contribution in [-0.4, -0.2) is 30.2 Å². The van der Waals surface area contributed by atoms with Crippen molar-refractivity contribution in [3.63, 3.8) is 0 Å². The first-order chi connectivity index (χ1) is 16.8. The standard InChI is InChI=1S/C26H25F3N2O4/c27-26(28,29)35-24-3-1-2-23(16-24)22-10-8-21(9-11-22)18-34-31-15-12-19-4-6-20(7-5-19)17-30-14-13-25(32)33/h1-11,15-16,30H,12-14,17-18H2,(H,32,33). The second-order valence-electron chi connectivity index (χ2n) is 7.68. The van der Waals surface area contributed by atoms with Gasteiger partial charge in [0, 0.05) is 25.7 Å². The molecule has 3 aromatic rings. The van der Waals surface area contributed by atoms with E-state index >= 15 is 0 Å². The van der Waals surface area contributed by atoms with Gasteiger partial charge in [-0.25, -0.2) is 0 Å². The van der Waals surface area contributed by atoms with E-state index in [1.54, 1.807) is 24.4 Å². The number of oxime groups is 1. The Labute approximate surface area is 201 Å². The monoisotopic (exact) mass is 486 g/mol. The van der Waals surface area contributed by atoms with Crippen LogP contribution in [0.1, 0.15) is 23.1 Å². The zero-order valence-electron chi connectivity index (χ0n) is 18.8. The van der Waals surface area contributed by atoms with E-state index in [4.69, 9.17) is 9.94 Å². The van der Waals surface area contributed by atoms with Gasteiger partial charge in [-0.3, -0.25) is 4.79 Å². The van der Waals surface area contributed by atoms with Crippen molar-refractivity contribution in [3.8, 4) is 16.9 Å². The highest BCUT2D eigenvalue weighted by Crippen LogP contribution is 2.28. The van der Waals surface area contributed by atoms with Gasteiger partial charge in [0.15, 0.2) is 0 Å². The van der Waals surface area contributed by atoms with Gasteiger partial charge in [0.25, 0.3) is 0 Å². The van der Waals surface area contributed by atoms with E-state index in [1.165, 1.54) is 18.2 Å². The predicted molar refractivity (Wildman–Crippen MR) is 126 cm³/mol. The maximum atomic E-state index is 12.4. The summed E-state index contributed by atoms with van der Waals surface area (Å²) in [6.45, 7) is 1.29. The molecular weight excluding hydrogens is 461 g/mol. The second-order valence-corrected chi connectivity index (χ2v) is 7.68. The summed E-state index contributed by atoms with van der Waals surface area (Å²) in [6, 6.07) is 21.0. The van der Waals surface area contributed by atoms with Gasteiger partial charge < -0.3 is 20.0 Å². The summed E-state index contributed by atoms with van der Waals surface area (Å²) in [5, 5.41) is 15.7. The van der Waals surface area contributed by atoms with Gasteiger partial charge in [0.1, 0.15) is 12.4 Å². The lowest BCUT2D eigenvalue weighted by molar-refractivity contribution is -0.274. The largest absolute Gasteiger partial charge is 0.573 e. The number of carbonyl (C=O) groups is 1. The topological polar surface area (TPSA) is 80.2 Å². The lowest BCUT2D eigenvalue weighted by atomic mass is 10.0. The Hall–Kier alpha value is -3.85. The summed E-state index contributed by atoms with van der Waals surface area (Å²) in [5.41, 5.74) is 4.36. The molecule has 9 heteroatoms. The first kappa shape index (κ1) is 25.8. The molecule has 0 amide bonds. The third-order valence-corrected chi connectivity index (χ3v) is 4.93. The van der Waals surface area contributed by atoms with Gasteiger partial charge in [-0.05, 0) is 39.9 Å². The van der Waals surface area contributed by atoms with Crippen molar-refractivity contribution in [2.24, 2.45) is 5.16 Å². The highest BCUT2D eigenvalue weighted by atomic mass is 19.4. The Morgan fingerprint density at radius 2 is 1.63 bits per heavy atom. The molecule has 0 fully saturated rings. The van der Waals surface area contributed by atoms with Crippen LogP contribution in [-0.2, 0) is 29.2 Å². The van der Waals surface area contributed by atoms with Crippen molar-refractivity contribution in [3.05, 3.63) is 89.5 Å². The quantitative estimate of drug-likeness (QED) is 0.199. The van der Waals surface area contributed by atoms with Crippen molar-refractivity contribution < 1.29 is 32.6 Å². The second kappa shape index (κ2) is 12.6. The van der Waals surface area contributed by atoms with Gasteiger partial charge in [-0.2, -0.15) is 0 Å². The number of carboxylic acids is 1. The van der Waals surface area contributed by atoms with Crippen LogP contribution in [0.5, 0.6) is 5.75 Å². The molecule has 35 heavy (non-hydrogen) atoms. The Morgan fingerprint density at radius 1 is 0.943 bits per heavy atom. The molecule has 3 rings (SSSR count). The highest BCUT2D eigenvalue weighted by molar-refractivity contribution is 5.67. The third-order valence-electron chi connectivity index (χ3n) is 4.93. The number of hydrogen-bond acceptors (Lipinski definition) is 5. The van der Waals surface area contributed by atoms with E-state index in [1.807, 2.05) is 36.4 Å². The van der Waals surface area contributed by atoms with Crippen molar-refractivity contribution >= 4 is 12.2 Å².